The maximum atomic E-state index is 12.1. The van der Waals surface area contributed by atoms with Crippen molar-refractivity contribution < 1.29 is 4.79 Å². The molecule has 0 aliphatic rings. The second-order valence-corrected chi connectivity index (χ2v) is 5.23. The molecular weight excluding hydrogens is 246 g/mol. The summed E-state index contributed by atoms with van der Waals surface area (Å²) in [6, 6.07) is 9.88. The molecule has 0 N–H and O–H groups in total. The molecule has 0 spiro atoms. The van der Waals surface area contributed by atoms with Crippen molar-refractivity contribution in [3.63, 3.8) is 0 Å². The van der Waals surface area contributed by atoms with E-state index in [1.54, 1.807) is 6.08 Å². The van der Waals surface area contributed by atoms with Gasteiger partial charge in [0.1, 0.15) is 0 Å². The van der Waals surface area contributed by atoms with Crippen LogP contribution >= 0.6 is 12.4 Å². The fourth-order valence-electron chi connectivity index (χ4n) is 1.83. The van der Waals surface area contributed by atoms with Crippen LogP contribution in [0.15, 0.2) is 36.4 Å². The minimum Gasteiger partial charge on any atom is -0.308 e. The molecule has 0 aliphatic carbocycles. The van der Waals surface area contributed by atoms with Crippen LogP contribution in [0, 0.1) is 5.41 Å². The number of hydrogen-bond acceptors (Lipinski definition) is 2. The van der Waals surface area contributed by atoms with Gasteiger partial charge in [-0.15, -0.1) is 12.4 Å². The summed E-state index contributed by atoms with van der Waals surface area (Å²) in [5.41, 5.74) is 0.718. The van der Waals surface area contributed by atoms with Crippen molar-refractivity contribution in [1.29, 1.82) is 0 Å². The monoisotopic (exact) mass is 267 g/mol. The lowest BCUT2D eigenvalue weighted by molar-refractivity contribution is -0.122. The van der Waals surface area contributed by atoms with Gasteiger partial charge >= 0.3 is 0 Å². The van der Waals surface area contributed by atoms with E-state index in [4.69, 9.17) is 0 Å². The Bertz CT molecular complexity index is 396. The highest BCUT2D eigenvalue weighted by Gasteiger charge is 2.25. The Morgan fingerprint density at radius 1 is 1.22 bits per heavy atom. The molecule has 0 amide bonds. The maximum Gasteiger partial charge on any atom is 0.162 e. The predicted molar refractivity (Wildman–Crippen MR) is 80.1 cm³/mol. The van der Waals surface area contributed by atoms with Crippen LogP contribution < -0.4 is 0 Å². The molecule has 0 bridgehead atoms. The number of hydrogen-bond donors (Lipinski definition) is 0. The van der Waals surface area contributed by atoms with E-state index < -0.39 is 0 Å². The van der Waals surface area contributed by atoms with E-state index in [0.29, 0.717) is 0 Å². The molecule has 0 aliphatic heterocycles. The molecule has 0 radical (unpaired) electrons. The summed E-state index contributed by atoms with van der Waals surface area (Å²) in [7, 11) is 3.96. The first kappa shape index (κ1) is 16.9. The third-order valence-corrected chi connectivity index (χ3v) is 2.61. The van der Waals surface area contributed by atoms with Crippen molar-refractivity contribution >= 4 is 24.3 Å². The normalized spacial score (nSPS) is 11.6. The molecule has 100 valence electrons. The smallest absolute Gasteiger partial charge is 0.162 e. The van der Waals surface area contributed by atoms with Crippen LogP contribution in [0.3, 0.4) is 0 Å². The van der Waals surface area contributed by atoms with Gasteiger partial charge in [0, 0.05) is 12.0 Å². The van der Waals surface area contributed by atoms with E-state index in [2.05, 4.69) is 0 Å². The van der Waals surface area contributed by atoms with Gasteiger partial charge < -0.3 is 4.90 Å². The average Bonchev–Trinajstić information content (AvgIpc) is 2.25. The Morgan fingerprint density at radius 3 is 2.28 bits per heavy atom. The fraction of sp³-hybridized carbons (Fsp3) is 0.400. The Morgan fingerprint density at radius 2 is 1.78 bits per heavy atom. The van der Waals surface area contributed by atoms with E-state index >= 15 is 0 Å². The van der Waals surface area contributed by atoms with Crippen LogP contribution in [0.1, 0.15) is 19.4 Å². The first-order valence-electron chi connectivity index (χ1n) is 5.84. The quantitative estimate of drug-likeness (QED) is 0.763. The summed E-state index contributed by atoms with van der Waals surface area (Å²) in [5.74, 6) is 0.162. The standard InChI is InChI=1S/C15H21NO.ClH/c1-15(2,12-16(3)4)14(17)11-10-13-8-6-5-7-9-13;/h5-11H,12H2,1-4H3;1H. The first-order valence-corrected chi connectivity index (χ1v) is 5.84. The average molecular weight is 268 g/mol. The van der Waals surface area contributed by atoms with Gasteiger partial charge in [-0.05, 0) is 25.7 Å². The third-order valence-electron chi connectivity index (χ3n) is 2.61. The van der Waals surface area contributed by atoms with E-state index in [1.165, 1.54) is 0 Å². The lowest BCUT2D eigenvalue weighted by Gasteiger charge is -2.25. The number of benzene rings is 1. The van der Waals surface area contributed by atoms with Gasteiger partial charge in [0.25, 0.3) is 0 Å². The molecule has 0 aromatic heterocycles. The summed E-state index contributed by atoms with van der Waals surface area (Å²) >= 11 is 0. The summed E-state index contributed by atoms with van der Waals surface area (Å²) in [6.07, 6.45) is 3.55. The Balaban J connectivity index is 0.00000289. The molecule has 1 aromatic rings. The zero-order valence-corrected chi connectivity index (χ0v) is 12.3. The largest absolute Gasteiger partial charge is 0.308 e. The summed E-state index contributed by atoms with van der Waals surface area (Å²) in [6.45, 7) is 4.71. The number of carbonyl (C=O) groups is 1. The van der Waals surface area contributed by atoms with Crippen molar-refractivity contribution in [2.75, 3.05) is 20.6 Å². The van der Waals surface area contributed by atoms with Gasteiger partial charge in [-0.25, -0.2) is 0 Å². The van der Waals surface area contributed by atoms with Crippen LogP contribution in [0.4, 0.5) is 0 Å². The van der Waals surface area contributed by atoms with E-state index in [0.717, 1.165) is 12.1 Å². The van der Waals surface area contributed by atoms with Crippen LogP contribution in [0.5, 0.6) is 0 Å². The molecule has 0 unspecified atom stereocenters. The minimum absolute atomic E-state index is 0. The van der Waals surface area contributed by atoms with Crippen LogP contribution in [-0.2, 0) is 4.79 Å². The molecule has 2 nitrogen and oxygen atoms in total. The van der Waals surface area contributed by atoms with Crippen molar-refractivity contribution in [2.45, 2.75) is 13.8 Å². The van der Waals surface area contributed by atoms with Gasteiger partial charge in [-0.1, -0.05) is 50.3 Å². The molecule has 1 aromatic carbocycles. The van der Waals surface area contributed by atoms with Crippen molar-refractivity contribution in [3.05, 3.63) is 42.0 Å². The van der Waals surface area contributed by atoms with Crippen LogP contribution in [0.25, 0.3) is 6.08 Å². The topological polar surface area (TPSA) is 20.3 Å². The minimum atomic E-state index is -0.339. The number of allylic oxidation sites excluding steroid dienone is 1. The molecule has 0 atom stereocenters. The number of ketones is 1. The van der Waals surface area contributed by atoms with Gasteiger partial charge in [0.05, 0.1) is 0 Å². The van der Waals surface area contributed by atoms with E-state index in [9.17, 15) is 4.79 Å². The van der Waals surface area contributed by atoms with E-state index in [-0.39, 0.29) is 23.6 Å². The predicted octanol–water partition coefficient (Wildman–Crippen LogP) is 3.28. The van der Waals surface area contributed by atoms with Crippen molar-refractivity contribution in [2.24, 2.45) is 5.41 Å². The summed E-state index contributed by atoms with van der Waals surface area (Å²) < 4.78 is 0. The van der Waals surface area contributed by atoms with Crippen LogP contribution in [0.2, 0.25) is 0 Å². The second-order valence-electron chi connectivity index (χ2n) is 5.23. The molecular formula is C15H22ClNO. The molecule has 1 rings (SSSR count). The highest BCUT2D eigenvalue weighted by molar-refractivity contribution is 5.97. The Kier molecular flexibility index (Phi) is 6.89. The summed E-state index contributed by atoms with van der Waals surface area (Å²) in [5, 5.41) is 0. The van der Waals surface area contributed by atoms with Gasteiger partial charge in [-0.3, -0.25) is 4.79 Å². The van der Waals surface area contributed by atoms with Crippen molar-refractivity contribution in [1.82, 2.24) is 4.90 Å². The maximum absolute atomic E-state index is 12.1. The first-order chi connectivity index (χ1) is 7.92. The lowest BCUT2D eigenvalue weighted by Crippen LogP contribution is -2.34. The summed E-state index contributed by atoms with van der Waals surface area (Å²) in [4.78, 5) is 14.1. The Hall–Kier alpha value is -1.12. The number of nitrogens with zero attached hydrogens (tertiary/aromatic N) is 1. The van der Waals surface area contributed by atoms with Crippen LogP contribution in [-0.4, -0.2) is 31.3 Å². The molecule has 0 saturated heterocycles. The third kappa shape index (κ3) is 5.48. The zero-order valence-electron chi connectivity index (χ0n) is 11.5. The highest BCUT2D eigenvalue weighted by atomic mass is 35.5. The van der Waals surface area contributed by atoms with Gasteiger partial charge in [-0.2, -0.15) is 0 Å². The number of carbonyl (C=O) groups excluding carboxylic acids is 1. The second kappa shape index (κ2) is 7.34. The van der Waals surface area contributed by atoms with E-state index in [1.807, 2.05) is 69.3 Å². The Labute approximate surface area is 116 Å². The number of rotatable bonds is 5. The SMILES string of the molecule is CN(C)CC(C)(C)C(=O)C=Cc1ccccc1.Cl. The molecule has 0 saturated carbocycles. The molecule has 0 heterocycles. The number of halogens is 1. The molecule has 3 heteroatoms. The van der Waals surface area contributed by atoms with Gasteiger partial charge in [0.2, 0.25) is 0 Å². The fourth-order valence-corrected chi connectivity index (χ4v) is 1.83. The zero-order chi connectivity index (χ0) is 12.9. The van der Waals surface area contributed by atoms with Crippen molar-refractivity contribution in [3.8, 4) is 0 Å². The lowest BCUT2D eigenvalue weighted by atomic mass is 9.87. The van der Waals surface area contributed by atoms with Gasteiger partial charge in [0.15, 0.2) is 5.78 Å². The molecule has 0 fully saturated rings. The highest BCUT2D eigenvalue weighted by Crippen LogP contribution is 2.18. The molecule has 18 heavy (non-hydrogen) atoms.